The smallest absolute Gasteiger partial charge is 0.126 e. The van der Waals surface area contributed by atoms with E-state index < -0.39 is 5.60 Å². The van der Waals surface area contributed by atoms with E-state index in [-0.39, 0.29) is 18.8 Å². The van der Waals surface area contributed by atoms with Crippen LogP contribution >= 0.6 is 11.6 Å². The van der Waals surface area contributed by atoms with Crippen molar-refractivity contribution >= 4 is 11.6 Å². The molecule has 0 amide bonds. The molecule has 1 unspecified atom stereocenters. The van der Waals surface area contributed by atoms with E-state index >= 15 is 0 Å². The molecule has 106 valence electrons. The third kappa shape index (κ3) is 3.37. The van der Waals surface area contributed by atoms with Gasteiger partial charge in [-0.25, -0.2) is 4.39 Å². The van der Waals surface area contributed by atoms with Crippen LogP contribution in [0.3, 0.4) is 0 Å². The van der Waals surface area contributed by atoms with Crippen LogP contribution in [-0.2, 0) is 16.8 Å². The maximum absolute atomic E-state index is 13.8. The highest BCUT2D eigenvalue weighted by atomic mass is 35.5. The van der Waals surface area contributed by atoms with Crippen molar-refractivity contribution in [2.24, 2.45) is 0 Å². The van der Waals surface area contributed by atoms with Gasteiger partial charge in [0.25, 0.3) is 0 Å². The summed E-state index contributed by atoms with van der Waals surface area (Å²) < 4.78 is 18.9. The van der Waals surface area contributed by atoms with E-state index in [4.69, 9.17) is 16.3 Å². The van der Waals surface area contributed by atoms with Crippen LogP contribution in [0, 0.1) is 5.82 Å². The lowest BCUT2D eigenvalue weighted by Crippen LogP contribution is -2.34. The largest absolute Gasteiger partial charge is 0.382 e. The molecule has 0 aliphatic heterocycles. The highest BCUT2D eigenvalue weighted by Crippen LogP contribution is 2.28. The highest BCUT2D eigenvalue weighted by molar-refractivity contribution is 6.30. The summed E-state index contributed by atoms with van der Waals surface area (Å²) in [5.41, 5.74) is -0.247. The van der Waals surface area contributed by atoms with E-state index in [1.54, 1.807) is 12.1 Å². The highest BCUT2D eigenvalue weighted by Gasteiger charge is 2.30. The summed E-state index contributed by atoms with van der Waals surface area (Å²) in [5.74, 6) is -0.389. The number of rotatable bonds is 5. The molecule has 0 saturated carbocycles. The van der Waals surface area contributed by atoms with Crippen molar-refractivity contribution < 1.29 is 14.2 Å². The average molecular weight is 295 g/mol. The minimum absolute atomic E-state index is 0.0724. The lowest BCUT2D eigenvalue weighted by molar-refractivity contribution is -0.0360. The Hall–Kier alpha value is -1.42. The summed E-state index contributed by atoms with van der Waals surface area (Å²) >= 11 is 5.89. The second-order valence-corrected chi connectivity index (χ2v) is 5.18. The van der Waals surface area contributed by atoms with Crippen LogP contribution in [0.25, 0.3) is 0 Å². The minimum atomic E-state index is -1.29. The Morgan fingerprint density at radius 1 is 1.20 bits per heavy atom. The van der Waals surface area contributed by atoms with Crippen LogP contribution in [0.15, 0.2) is 48.5 Å². The molecule has 2 nitrogen and oxygen atoms in total. The van der Waals surface area contributed by atoms with Crippen molar-refractivity contribution in [2.75, 3.05) is 13.7 Å². The number of aliphatic hydroxyl groups is 1. The summed E-state index contributed by atoms with van der Waals surface area (Å²) in [4.78, 5) is 0. The molecule has 0 fully saturated rings. The fourth-order valence-electron chi connectivity index (χ4n) is 2.22. The molecule has 1 atom stereocenters. The van der Waals surface area contributed by atoms with Crippen molar-refractivity contribution in [2.45, 2.75) is 12.0 Å². The van der Waals surface area contributed by atoms with Gasteiger partial charge in [0.15, 0.2) is 0 Å². The Balaban J connectivity index is 2.36. The minimum Gasteiger partial charge on any atom is -0.382 e. The second-order valence-electron chi connectivity index (χ2n) is 4.74. The SMILES string of the molecule is COCC(O)(Cc1cc(Cl)ccc1F)c1ccccc1. The normalized spacial score (nSPS) is 14.0. The third-order valence-electron chi connectivity index (χ3n) is 3.18. The van der Waals surface area contributed by atoms with Crippen molar-refractivity contribution in [1.29, 1.82) is 0 Å². The summed E-state index contributed by atoms with van der Waals surface area (Å²) in [6.07, 6.45) is 0.0945. The first-order valence-corrected chi connectivity index (χ1v) is 6.64. The Bertz CT molecular complexity index is 574. The lowest BCUT2D eigenvalue weighted by Gasteiger charge is -2.28. The fraction of sp³-hybridized carbons (Fsp3) is 0.250. The maximum atomic E-state index is 13.8. The van der Waals surface area contributed by atoms with Gasteiger partial charge in [0, 0.05) is 18.6 Å². The first kappa shape index (κ1) is 15.0. The van der Waals surface area contributed by atoms with Crippen molar-refractivity contribution in [3.05, 3.63) is 70.5 Å². The number of hydrogen-bond donors (Lipinski definition) is 1. The zero-order chi connectivity index (χ0) is 14.6. The molecule has 0 aliphatic rings. The fourth-order valence-corrected chi connectivity index (χ4v) is 2.41. The van der Waals surface area contributed by atoms with Gasteiger partial charge < -0.3 is 9.84 Å². The number of hydrogen-bond acceptors (Lipinski definition) is 2. The van der Waals surface area contributed by atoms with Crippen LogP contribution in [0.1, 0.15) is 11.1 Å². The lowest BCUT2D eigenvalue weighted by atomic mass is 9.87. The van der Waals surface area contributed by atoms with Crippen LogP contribution in [-0.4, -0.2) is 18.8 Å². The molecule has 0 bridgehead atoms. The van der Waals surface area contributed by atoms with Crippen LogP contribution in [0.2, 0.25) is 5.02 Å². The molecule has 0 radical (unpaired) electrons. The first-order chi connectivity index (χ1) is 9.55. The molecule has 4 heteroatoms. The van der Waals surface area contributed by atoms with Crippen molar-refractivity contribution in [1.82, 2.24) is 0 Å². The zero-order valence-corrected chi connectivity index (χ0v) is 11.9. The molecule has 0 aliphatic carbocycles. The Kier molecular flexibility index (Phi) is 4.76. The van der Waals surface area contributed by atoms with E-state index in [9.17, 15) is 9.50 Å². The molecular formula is C16H16ClFO2. The van der Waals surface area contributed by atoms with Gasteiger partial charge >= 0.3 is 0 Å². The number of ether oxygens (including phenoxy) is 1. The molecule has 0 heterocycles. The van der Waals surface area contributed by atoms with Gasteiger partial charge in [0.1, 0.15) is 11.4 Å². The molecule has 2 aromatic carbocycles. The molecule has 0 aromatic heterocycles. The number of halogens is 2. The van der Waals surface area contributed by atoms with Crippen molar-refractivity contribution in [3.63, 3.8) is 0 Å². The monoisotopic (exact) mass is 294 g/mol. The summed E-state index contributed by atoms with van der Waals surface area (Å²) in [7, 11) is 1.50. The molecule has 20 heavy (non-hydrogen) atoms. The van der Waals surface area contributed by atoms with Gasteiger partial charge in [-0.05, 0) is 29.3 Å². The summed E-state index contributed by atoms with van der Waals surface area (Å²) in [5, 5.41) is 11.3. The van der Waals surface area contributed by atoms with Gasteiger partial charge in [0.2, 0.25) is 0 Å². The topological polar surface area (TPSA) is 29.5 Å². The summed E-state index contributed by atoms with van der Waals surface area (Å²) in [6.45, 7) is 0.0724. The maximum Gasteiger partial charge on any atom is 0.126 e. The Morgan fingerprint density at radius 3 is 2.55 bits per heavy atom. The van der Waals surface area contributed by atoms with E-state index in [2.05, 4.69) is 0 Å². The summed E-state index contributed by atoms with van der Waals surface area (Å²) in [6, 6.07) is 13.4. The number of benzene rings is 2. The van der Waals surface area contributed by atoms with Gasteiger partial charge in [-0.15, -0.1) is 0 Å². The second kappa shape index (κ2) is 6.35. The van der Waals surface area contributed by atoms with Crippen molar-refractivity contribution in [3.8, 4) is 0 Å². The molecule has 0 spiro atoms. The van der Waals surface area contributed by atoms with Gasteiger partial charge in [-0.2, -0.15) is 0 Å². The standard InChI is InChI=1S/C16H16ClFO2/c1-20-11-16(19,13-5-3-2-4-6-13)10-12-9-14(17)7-8-15(12)18/h2-9,19H,10-11H2,1H3. The van der Waals surface area contributed by atoms with E-state index in [0.717, 1.165) is 0 Å². The Morgan fingerprint density at radius 2 is 1.90 bits per heavy atom. The van der Waals surface area contributed by atoms with Gasteiger partial charge in [-0.1, -0.05) is 41.9 Å². The molecule has 1 N–H and O–H groups in total. The predicted molar refractivity (Wildman–Crippen MR) is 77.3 cm³/mol. The zero-order valence-electron chi connectivity index (χ0n) is 11.1. The molecule has 2 rings (SSSR count). The quantitative estimate of drug-likeness (QED) is 0.914. The molecular weight excluding hydrogens is 279 g/mol. The molecule has 2 aromatic rings. The van der Waals surface area contributed by atoms with Crippen LogP contribution in [0.5, 0.6) is 0 Å². The Labute approximate surface area is 122 Å². The first-order valence-electron chi connectivity index (χ1n) is 6.26. The predicted octanol–water partition coefficient (Wildman–Crippen LogP) is 3.56. The van der Waals surface area contributed by atoms with Crippen LogP contribution < -0.4 is 0 Å². The van der Waals surface area contributed by atoms with Crippen LogP contribution in [0.4, 0.5) is 4.39 Å². The van der Waals surface area contributed by atoms with Gasteiger partial charge in [-0.3, -0.25) is 0 Å². The van der Waals surface area contributed by atoms with Gasteiger partial charge in [0.05, 0.1) is 6.61 Å². The molecule has 0 saturated heterocycles. The van der Waals surface area contributed by atoms with E-state index in [0.29, 0.717) is 16.1 Å². The van der Waals surface area contributed by atoms with E-state index in [1.807, 2.05) is 18.2 Å². The van der Waals surface area contributed by atoms with E-state index in [1.165, 1.54) is 25.3 Å². The number of methoxy groups -OCH3 is 1. The third-order valence-corrected chi connectivity index (χ3v) is 3.42. The average Bonchev–Trinajstić information content (AvgIpc) is 2.44.